The van der Waals surface area contributed by atoms with Gasteiger partial charge in [0.15, 0.2) is 6.29 Å². The van der Waals surface area contributed by atoms with Gasteiger partial charge in [0.2, 0.25) is 0 Å². The molecule has 2 aromatic carbocycles. The van der Waals surface area contributed by atoms with Gasteiger partial charge >= 0.3 is 0 Å². The Hall–Kier alpha value is -1.80. The highest BCUT2D eigenvalue weighted by atomic mass is 35.5. The molecule has 0 aliphatic rings. The molecule has 3 heteroatoms. The van der Waals surface area contributed by atoms with Gasteiger partial charge in [-0.05, 0) is 35.4 Å². The summed E-state index contributed by atoms with van der Waals surface area (Å²) in [6.07, 6.45) is 0.782. The Bertz CT molecular complexity index is 532. The summed E-state index contributed by atoms with van der Waals surface area (Å²) in [5.74, 6) is 0.576. The Morgan fingerprint density at radius 1 is 1.06 bits per heavy atom. The van der Waals surface area contributed by atoms with Crippen LogP contribution in [0.2, 0.25) is 5.02 Å². The first-order valence-corrected chi connectivity index (χ1v) is 5.51. The minimum atomic E-state index is 0.546. The van der Waals surface area contributed by atoms with Crippen LogP contribution >= 0.6 is 11.6 Å². The molecule has 0 amide bonds. The zero-order valence-electron chi connectivity index (χ0n) is 9.31. The molecular weight excluding hydrogens is 236 g/mol. The molecule has 0 heterocycles. The highest BCUT2D eigenvalue weighted by Crippen LogP contribution is 2.27. The molecule has 86 valence electrons. The fraction of sp³-hybridized carbons (Fsp3) is 0.0714. The Balaban J connectivity index is 2.46. The molecule has 2 aromatic rings. The maximum absolute atomic E-state index is 10.8. The summed E-state index contributed by atoms with van der Waals surface area (Å²) < 4.78 is 5.16. The average molecular weight is 247 g/mol. The third kappa shape index (κ3) is 2.48. The molecule has 0 N–H and O–H groups in total. The van der Waals surface area contributed by atoms with Crippen molar-refractivity contribution in [2.75, 3.05) is 7.11 Å². The van der Waals surface area contributed by atoms with Gasteiger partial charge in [-0.1, -0.05) is 29.8 Å². The summed E-state index contributed by atoms with van der Waals surface area (Å²) in [6, 6.07) is 13.0. The van der Waals surface area contributed by atoms with E-state index in [4.69, 9.17) is 16.3 Å². The van der Waals surface area contributed by atoms with Crippen LogP contribution in [0.15, 0.2) is 42.5 Å². The first-order valence-electron chi connectivity index (χ1n) is 5.14. The molecule has 0 saturated heterocycles. The minimum absolute atomic E-state index is 0.546. The van der Waals surface area contributed by atoms with E-state index in [1.165, 1.54) is 0 Å². The van der Waals surface area contributed by atoms with Crippen LogP contribution in [0, 0.1) is 0 Å². The fourth-order valence-corrected chi connectivity index (χ4v) is 1.76. The van der Waals surface area contributed by atoms with Crippen molar-refractivity contribution in [2.24, 2.45) is 0 Å². The van der Waals surface area contributed by atoms with Gasteiger partial charge in [-0.25, -0.2) is 0 Å². The number of carbonyl (C=O) groups is 1. The molecule has 0 fully saturated rings. The van der Waals surface area contributed by atoms with Crippen LogP contribution in [0.5, 0.6) is 5.75 Å². The third-order valence-corrected chi connectivity index (χ3v) is 2.79. The molecule has 0 radical (unpaired) electrons. The molecule has 2 nitrogen and oxygen atoms in total. The van der Waals surface area contributed by atoms with Gasteiger partial charge in [-0.2, -0.15) is 0 Å². The number of aldehydes is 1. The van der Waals surface area contributed by atoms with Gasteiger partial charge in [0.25, 0.3) is 0 Å². The molecule has 0 saturated carbocycles. The Kier molecular flexibility index (Phi) is 3.45. The van der Waals surface area contributed by atoms with Crippen molar-refractivity contribution in [1.82, 2.24) is 0 Å². The quantitative estimate of drug-likeness (QED) is 0.770. The van der Waals surface area contributed by atoms with Gasteiger partial charge in [0.1, 0.15) is 5.75 Å². The molecule has 0 bridgehead atoms. The second-order valence-corrected chi connectivity index (χ2v) is 4.02. The van der Waals surface area contributed by atoms with E-state index in [1.54, 1.807) is 13.2 Å². The van der Waals surface area contributed by atoms with E-state index < -0.39 is 0 Å². The Morgan fingerprint density at radius 3 is 2.29 bits per heavy atom. The number of hydrogen-bond donors (Lipinski definition) is 0. The molecule has 0 unspecified atom stereocenters. The van der Waals surface area contributed by atoms with E-state index in [9.17, 15) is 4.79 Å². The first kappa shape index (κ1) is 11.7. The van der Waals surface area contributed by atoms with E-state index >= 15 is 0 Å². The van der Waals surface area contributed by atoms with Crippen molar-refractivity contribution >= 4 is 17.9 Å². The highest BCUT2D eigenvalue weighted by molar-refractivity contribution is 6.30. The normalized spacial score (nSPS) is 10.0. The standard InChI is InChI=1S/C14H11ClO2/c1-17-14-8-11(2-3-12(14)9-16)10-4-6-13(15)7-5-10/h2-9H,1H3. The van der Waals surface area contributed by atoms with E-state index in [1.807, 2.05) is 36.4 Å². The van der Waals surface area contributed by atoms with Crippen molar-refractivity contribution < 1.29 is 9.53 Å². The molecule has 2 rings (SSSR count). The SMILES string of the molecule is COc1cc(-c2ccc(Cl)cc2)ccc1C=O. The third-order valence-electron chi connectivity index (χ3n) is 2.54. The Labute approximate surface area is 105 Å². The van der Waals surface area contributed by atoms with Gasteiger partial charge in [-0.3, -0.25) is 4.79 Å². The number of benzene rings is 2. The molecule has 0 aromatic heterocycles. The zero-order valence-corrected chi connectivity index (χ0v) is 10.1. The maximum Gasteiger partial charge on any atom is 0.153 e. The number of carbonyl (C=O) groups excluding carboxylic acids is 1. The van der Waals surface area contributed by atoms with E-state index in [0.717, 1.165) is 17.4 Å². The molecule has 0 aliphatic heterocycles. The van der Waals surface area contributed by atoms with Gasteiger partial charge in [0.05, 0.1) is 12.7 Å². The summed E-state index contributed by atoms with van der Waals surface area (Å²) in [6.45, 7) is 0. The van der Waals surface area contributed by atoms with Crippen LogP contribution in [-0.4, -0.2) is 13.4 Å². The van der Waals surface area contributed by atoms with Crippen LogP contribution in [0.4, 0.5) is 0 Å². The highest BCUT2D eigenvalue weighted by Gasteiger charge is 2.04. The average Bonchev–Trinajstić information content (AvgIpc) is 2.39. The smallest absolute Gasteiger partial charge is 0.153 e. The van der Waals surface area contributed by atoms with Gasteiger partial charge in [0, 0.05) is 5.02 Å². The topological polar surface area (TPSA) is 26.3 Å². The zero-order chi connectivity index (χ0) is 12.3. The summed E-state index contributed by atoms with van der Waals surface area (Å²) in [7, 11) is 1.55. The predicted molar refractivity (Wildman–Crippen MR) is 68.8 cm³/mol. The van der Waals surface area contributed by atoms with Crippen molar-refractivity contribution in [3.8, 4) is 16.9 Å². The summed E-state index contributed by atoms with van der Waals surface area (Å²) >= 11 is 5.83. The van der Waals surface area contributed by atoms with Crippen LogP contribution in [0.1, 0.15) is 10.4 Å². The largest absolute Gasteiger partial charge is 0.496 e. The summed E-state index contributed by atoms with van der Waals surface area (Å²) in [5, 5.41) is 0.699. The van der Waals surface area contributed by atoms with Crippen molar-refractivity contribution in [3.63, 3.8) is 0 Å². The molecule has 0 atom stereocenters. The number of rotatable bonds is 3. The van der Waals surface area contributed by atoms with Crippen LogP contribution in [0.25, 0.3) is 11.1 Å². The second kappa shape index (κ2) is 5.02. The van der Waals surface area contributed by atoms with Crippen molar-refractivity contribution in [1.29, 1.82) is 0 Å². The van der Waals surface area contributed by atoms with Crippen LogP contribution < -0.4 is 4.74 Å². The molecule has 17 heavy (non-hydrogen) atoms. The van der Waals surface area contributed by atoms with E-state index in [0.29, 0.717) is 16.3 Å². The van der Waals surface area contributed by atoms with Crippen LogP contribution in [0.3, 0.4) is 0 Å². The summed E-state index contributed by atoms with van der Waals surface area (Å²) in [4.78, 5) is 10.8. The number of hydrogen-bond acceptors (Lipinski definition) is 2. The lowest BCUT2D eigenvalue weighted by Gasteiger charge is -2.07. The van der Waals surface area contributed by atoms with E-state index in [2.05, 4.69) is 0 Å². The first-order chi connectivity index (χ1) is 8.24. The van der Waals surface area contributed by atoms with Gasteiger partial charge in [-0.15, -0.1) is 0 Å². The number of methoxy groups -OCH3 is 1. The van der Waals surface area contributed by atoms with Crippen molar-refractivity contribution in [3.05, 3.63) is 53.1 Å². The maximum atomic E-state index is 10.8. The fourth-order valence-electron chi connectivity index (χ4n) is 1.63. The summed E-state index contributed by atoms with van der Waals surface area (Å²) in [5.41, 5.74) is 2.57. The van der Waals surface area contributed by atoms with Gasteiger partial charge < -0.3 is 4.74 Å². The minimum Gasteiger partial charge on any atom is -0.496 e. The molecule has 0 spiro atoms. The molecule has 0 aliphatic carbocycles. The van der Waals surface area contributed by atoms with Crippen LogP contribution in [-0.2, 0) is 0 Å². The second-order valence-electron chi connectivity index (χ2n) is 3.58. The lowest BCUT2D eigenvalue weighted by molar-refractivity contribution is 0.112. The predicted octanol–water partition coefficient (Wildman–Crippen LogP) is 3.83. The van der Waals surface area contributed by atoms with E-state index in [-0.39, 0.29) is 0 Å². The van der Waals surface area contributed by atoms with Crippen molar-refractivity contribution in [2.45, 2.75) is 0 Å². The molecular formula is C14H11ClO2. The monoisotopic (exact) mass is 246 g/mol. The number of ether oxygens (including phenoxy) is 1. The lowest BCUT2D eigenvalue weighted by Crippen LogP contribution is -1.90. The number of halogens is 1. The lowest BCUT2D eigenvalue weighted by atomic mass is 10.0. The Morgan fingerprint density at radius 2 is 1.71 bits per heavy atom.